The van der Waals surface area contributed by atoms with Gasteiger partial charge >= 0.3 is 0 Å². The Hall–Kier alpha value is -0.0400. The first kappa shape index (κ1) is 8.15. The van der Waals surface area contributed by atoms with E-state index in [9.17, 15) is 0 Å². The zero-order valence-electron chi connectivity index (χ0n) is 9.18. The fraction of sp³-hybridized carbons (Fsp3) is 1.00. The maximum absolute atomic E-state index is 3.84. The van der Waals surface area contributed by atoms with E-state index in [0.717, 1.165) is 17.8 Å². The van der Waals surface area contributed by atoms with Crippen LogP contribution in [0.3, 0.4) is 0 Å². The minimum absolute atomic E-state index is 0.612. The maximum atomic E-state index is 3.84. The molecular formula is C13H21N. The Morgan fingerprint density at radius 2 is 1.71 bits per heavy atom. The monoisotopic (exact) mass is 191 g/mol. The molecule has 1 aliphatic heterocycles. The molecule has 0 aromatic rings. The van der Waals surface area contributed by atoms with Crippen LogP contribution in [0.4, 0.5) is 0 Å². The highest BCUT2D eigenvalue weighted by Crippen LogP contribution is 2.66. The van der Waals surface area contributed by atoms with Gasteiger partial charge in [0, 0.05) is 5.54 Å². The van der Waals surface area contributed by atoms with Crippen LogP contribution < -0.4 is 5.32 Å². The van der Waals surface area contributed by atoms with E-state index in [1.807, 2.05) is 0 Å². The minimum atomic E-state index is 0.612. The lowest BCUT2D eigenvalue weighted by atomic mass is 9.40. The molecule has 3 unspecified atom stereocenters. The van der Waals surface area contributed by atoms with Crippen LogP contribution in [-0.2, 0) is 0 Å². The van der Waals surface area contributed by atoms with Gasteiger partial charge in [-0.05, 0) is 68.2 Å². The molecule has 78 valence electrons. The van der Waals surface area contributed by atoms with Gasteiger partial charge in [0.15, 0.2) is 0 Å². The fourth-order valence-electron chi connectivity index (χ4n) is 5.77. The first-order chi connectivity index (χ1) is 6.72. The third-order valence-corrected chi connectivity index (χ3v) is 6.11. The summed E-state index contributed by atoms with van der Waals surface area (Å²) in [5.74, 6) is 3.25. The molecule has 0 amide bonds. The van der Waals surface area contributed by atoms with Gasteiger partial charge in [0.2, 0.25) is 0 Å². The third-order valence-electron chi connectivity index (χ3n) is 6.11. The van der Waals surface area contributed by atoms with Crippen molar-refractivity contribution in [1.29, 1.82) is 0 Å². The van der Waals surface area contributed by atoms with Gasteiger partial charge in [-0.3, -0.25) is 0 Å². The summed E-state index contributed by atoms with van der Waals surface area (Å²) in [5.41, 5.74) is 1.29. The summed E-state index contributed by atoms with van der Waals surface area (Å²) < 4.78 is 0. The molecule has 0 aromatic carbocycles. The van der Waals surface area contributed by atoms with E-state index >= 15 is 0 Å². The molecule has 1 spiro atoms. The van der Waals surface area contributed by atoms with Gasteiger partial charge in [-0.2, -0.15) is 0 Å². The average Bonchev–Trinajstić information content (AvgIpc) is 1.96. The summed E-state index contributed by atoms with van der Waals surface area (Å²) in [5, 5.41) is 3.84. The van der Waals surface area contributed by atoms with Crippen molar-refractivity contribution in [3.63, 3.8) is 0 Å². The van der Waals surface area contributed by atoms with Gasteiger partial charge < -0.3 is 5.32 Å². The van der Waals surface area contributed by atoms with Crippen LogP contribution in [0.2, 0.25) is 0 Å². The van der Waals surface area contributed by atoms with Crippen molar-refractivity contribution < 1.29 is 0 Å². The number of rotatable bonds is 0. The topological polar surface area (TPSA) is 12.0 Å². The Bertz CT molecular complexity index is 265. The first-order valence-electron chi connectivity index (χ1n) is 6.47. The molecule has 1 saturated heterocycles. The third kappa shape index (κ3) is 0.711. The Kier molecular flexibility index (Phi) is 1.29. The van der Waals surface area contributed by atoms with Crippen LogP contribution in [0.1, 0.15) is 45.4 Å². The van der Waals surface area contributed by atoms with Gasteiger partial charge in [-0.1, -0.05) is 6.92 Å². The smallest absolute Gasteiger partial charge is 0.0275 e. The number of hydrogen-bond acceptors (Lipinski definition) is 1. The van der Waals surface area contributed by atoms with E-state index in [2.05, 4.69) is 12.2 Å². The molecule has 0 aromatic heterocycles. The molecule has 14 heavy (non-hydrogen) atoms. The van der Waals surface area contributed by atoms with Gasteiger partial charge in [0.05, 0.1) is 0 Å². The summed E-state index contributed by atoms with van der Waals surface area (Å²) >= 11 is 0. The highest BCUT2D eigenvalue weighted by Gasteiger charge is 2.64. The van der Waals surface area contributed by atoms with Crippen molar-refractivity contribution in [1.82, 2.24) is 5.32 Å². The van der Waals surface area contributed by atoms with Gasteiger partial charge in [0.1, 0.15) is 0 Å². The fourth-order valence-corrected chi connectivity index (χ4v) is 5.77. The Balaban J connectivity index is 1.80. The average molecular weight is 191 g/mol. The quantitative estimate of drug-likeness (QED) is 0.620. The molecule has 5 fully saturated rings. The van der Waals surface area contributed by atoms with Gasteiger partial charge in [-0.25, -0.2) is 0 Å². The van der Waals surface area contributed by atoms with Crippen molar-refractivity contribution in [2.75, 3.05) is 6.54 Å². The van der Waals surface area contributed by atoms with Crippen LogP contribution in [0.25, 0.3) is 0 Å². The molecule has 5 rings (SSSR count). The Morgan fingerprint density at radius 3 is 2.14 bits per heavy atom. The zero-order valence-corrected chi connectivity index (χ0v) is 9.18. The molecule has 4 saturated carbocycles. The predicted octanol–water partition coefficient (Wildman–Crippen LogP) is 2.56. The number of hydrogen-bond donors (Lipinski definition) is 1. The van der Waals surface area contributed by atoms with Crippen LogP contribution in [0, 0.1) is 23.2 Å². The molecule has 4 bridgehead atoms. The lowest BCUT2D eigenvalue weighted by Crippen LogP contribution is -2.75. The Morgan fingerprint density at radius 1 is 1.07 bits per heavy atom. The van der Waals surface area contributed by atoms with Crippen LogP contribution in [0.15, 0.2) is 0 Å². The van der Waals surface area contributed by atoms with Crippen LogP contribution >= 0.6 is 0 Å². The highest BCUT2D eigenvalue weighted by molar-refractivity contribution is 5.20. The van der Waals surface area contributed by atoms with Crippen molar-refractivity contribution in [3.8, 4) is 0 Å². The van der Waals surface area contributed by atoms with E-state index in [-0.39, 0.29) is 0 Å². The van der Waals surface area contributed by atoms with E-state index in [1.165, 1.54) is 25.8 Å². The van der Waals surface area contributed by atoms with Crippen molar-refractivity contribution in [2.45, 2.75) is 51.0 Å². The summed E-state index contributed by atoms with van der Waals surface area (Å²) in [6.07, 6.45) is 9.23. The maximum Gasteiger partial charge on any atom is 0.0275 e. The molecule has 1 heteroatoms. The van der Waals surface area contributed by atoms with Crippen LogP contribution in [-0.4, -0.2) is 12.1 Å². The van der Waals surface area contributed by atoms with E-state index in [4.69, 9.17) is 0 Å². The summed E-state index contributed by atoms with van der Waals surface area (Å²) in [7, 11) is 0. The zero-order chi connectivity index (χ0) is 9.39. The molecule has 1 N–H and O–H groups in total. The molecular weight excluding hydrogens is 170 g/mol. The predicted molar refractivity (Wildman–Crippen MR) is 57.0 cm³/mol. The van der Waals surface area contributed by atoms with Gasteiger partial charge in [-0.15, -0.1) is 0 Å². The number of nitrogens with one attached hydrogen (secondary N) is 1. The molecule has 1 nitrogen and oxygen atoms in total. The lowest BCUT2D eigenvalue weighted by Gasteiger charge is -2.70. The second-order valence-electron chi connectivity index (χ2n) is 6.75. The van der Waals surface area contributed by atoms with E-state index < -0.39 is 0 Å². The largest absolute Gasteiger partial charge is 0.310 e. The van der Waals surface area contributed by atoms with Crippen LogP contribution in [0.5, 0.6) is 0 Å². The molecule has 5 aliphatic rings. The second kappa shape index (κ2) is 2.21. The lowest BCUT2D eigenvalue weighted by molar-refractivity contribution is -0.160. The van der Waals surface area contributed by atoms with Crippen molar-refractivity contribution in [2.24, 2.45) is 23.2 Å². The summed E-state index contributed by atoms with van der Waals surface area (Å²) in [4.78, 5) is 0. The van der Waals surface area contributed by atoms with Crippen molar-refractivity contribution in [3.05, 3.63) is 0 Å². The molecule has 3 atom stereocenters. The Labute approximate surface area is 86.6 Å². The summed E-state index contributed by atoms with van der Waals surface area (Å²) in [6, 6.07) is 0. The molecule has 1 heterocycles. The molecule has 4 aliphatic carbocycles. The summed E-state index contributed by atoms with van der Waals surface area (Å²) in [6.45, 7) is 3.88. The standard InChI is InChI=1S/C13H21N/c1-12-7-9-4-10(8-12)6-11(5-9)13(12)2-3-14-13/h9-11,14H,2-8H2,1H3. The normalized spacial score (nSPS) is 64.5. The minimum Gasteiger partial charge on any atom is -0.310 e. The molecule has 0 radical (unpaired) electrons. The first-order valence-corrected chi connectivity index (χ1v) is 6.47. The second-order valence-corrected chi connectivity index (χ2v) is 6.75. The van der Waals surface area contributed by atoms with E-state index in [0.29, 0.717) is 11.0 Å². The SMILES string of the molecule is CC12CC3CC(CC(C3)C13CCN3)C2. The highest BCUT2D eigenvalue weighted by atomic mass is 15.1. The van der Waals surface area contributed by atoms with Gasteiger partial charge in [0.25, 0.3) is 0 Å². The van der Waals surface area contributed by atoms with E-state index in [1.54, 1.807) is 19.3 Å². The van der Waals surface area contributed by atoms with Crippen molar-refractivity contribution >= 4 is 0 Å².